The van der Waals surface area contributed by atoms with Gasteiger partial charge in [0.15, 0.2) is 0 Å². The smallest absolute Gasteiger partial charge is 0.693 e. The summed E-state index contributed by atoms with van der Waals surface area (Å²) >= 11 is 0. The Kier molecular flexibility index (Phi) is 210000. The first-order chi connectivity index (χ1) is 0. The van der Waals surface area contributed by atoms with Gasteiger partial charge in [-0.2, -0.15) is 0 Å². The van der Waals surface area contributed by atoms with E-state index in [0.717, 1.165) is 0 Å². The zero-order valence-electron chi connectivity index (χ0n) is 3.63. The maximum absolute atomic E-state index is 0. The Labute approximate surface area is 57.3 Å². The van der Waals surface area contributed by atoms with E-state index in [4.69, 9.17) is 0 Å². The van der Waals surface area contributed by atoms with Crippen LogP contribution in [0, 0.1) is 0 Å². The summed E-state index contributed by atoms with van der Waals surface area (Å²) in [4.78, 5) is 0. The molecule has 0 radical (unpaired) electrons. The van der Waals surface area contributed by atoms with E-state index in [2.05, 4.69) is 0 Å². The third-order valence-corrected chi connectivity index (χ3v) is 0. The Morgan fingerprint density at radius 1 is 0.429 bits per heavy atom. The predicted octanol–water partition coefficient (Wildman–Crippen LogP) is 1.22. The van der Waals surface area contributed by atoms with Crippen molar-refractivity contribution in [2.75, 3.05) is 0 Å². The molecule has 0 aromatic heterocycles. The summed E-state index contributed by atoms with van der Waals surface area (Å²) in [6.07, 6.45) is 0. The van der Waals surface area contributed by atoms with Crippen molar-refractivity contribution in [1.29, 1.82) is 0 Å². The van der Waals surface area contributed by atoms with E-state index in [9.17, 15) is 0 Å². The summed E-state index contributed by atoms with van der Waals surface area (Å²) in [5.74, 6) is 0. The zero-order valence-corrected chi connectivity index (χ0v) is 5.90. The van der Waals surface area contributed by atoms with Gasteiger partial charge < -0.3 is 35.6 Å². The minimum absolute atomic E-state index is 0. The Morgan fingerprint density at radius 2 is 0.429 bits per heavy atom. The molecule has 54 valence electrons. The summed E-state index contributed by atoms with van der Waals surface area (Å²) in [6.45, 7) is 0. The third-order valence-electron chi connectivity index (χ3n) is 0. The van der Waals surface area contributed by atoms with Crippen LogP contribution in [-0.2, 0) is 21.1 Å². The van der Waals surface area contributed by atoms with Gasteiger partial charge in [0.2, 0.25) is 0 Å². The molecule has 0 aliphatic carbocycles. The fraction of sp³-hybridized carbons (Fsp3) is 0. The van der Waals surface area contributed by atoms with Crippen molar-refractivity contribution in [3.63, 3.8) is 0 Å². The molecule has 12 N–H and O–H groups in total. The van der Waals surface area contributed by atoms with Crippen LogP contribution in [0.1, 0.15) is 0 Å². The summed E-state index contributed by atoms with van der Waals surface area (Å²) in [5, 5.41) is 0. The molecule has 0 unspecified atom stereocenters. The van der Waals surface area contributed by atoms with Crippen molar-refractivity contribution >= 4 is 0 Å². The van der Waals surface area contributed by atoms with Gasteiger partial charge in [-0.1, -0.05) is 0 Å². The Morgan fingerprint density at radius 3 is 0.429 bits per heavy atom. The quantitative estimate of drug-likeness (QED) is 0.619. The number of hydrogen-bond donors (Lipinski definition) is 0. The second-order valence-electron chi connectivity index (χ2n) is 0. The molecule has 0 heterocycles. The van der Waals surface area contributed by atoms with Gasteiger partial charge in [0, 0.05) is 0 Å². The molecule has 0 bridgehead atoms. The van der Waals surface area contributed by atoms with Crippen molar-refractivity contribution in [3.8, 4) is 0 Å². The third kappa shape index (κ3) is 635. The average molecular weight is 295 g/mol. The zero-order chi connectivity index (χ0) is 0. The second-order valence-corrected chi connectivity index (χ2v) is 0. The molecule has 0 aliphatic rings. The van der Waals surface area contributed by atoms with Crippen LogP contribution in [0.15, 0.2) is 0 Å². The molecule has 7 heteroatoms. The van der Waals surface area contributed by atoms with Gasteiger partial charge in [-0.25, -0.2) is 0 Å². The monoisotopic (exact) mass is 295 g/mol. The molecule has 0 amide bonds. The maximum atomic E-state index is 0. The summed E-state index contributed by atoms with van der Waals surface area (Å²) in [6, 6.07) is 0. The second kappa shape index (κ2) is 952. The molecule has 6 nitrogen and oxygen atoms in total. The van der Waals surface area contributed by atoms with E-state index in [0.29, 0.717) is 0 Å². The van der Waals surface area contributed by atoms with Crippen molar-refractivity contribution in [3.05, 3.63) is 24.6 Å². The van der Waals surface area contributed by atoms with E-state index in [1.807, 2.05) is 0 Å². The van der Waals surface area contributed by atoms with Gasteiger partial charge in [-0.3, -0.25) is 0 Å². The van der Waals surface area contributed by atoms with Crippen molar-refractivity contribution in [1.82, 2.24) is 0 Å². The molecule has 0 spiro atoms. The summed E-state index contributed by atoms with van der Waals surface area (Å²) < 4.78 is 0. The predicted molar refractivity (Wildman–Crippen MR) is 28.4 cm³/mol. The van der Waals surface area contributed by atoms with Gasteiger partial charge in [-0.15, -0.1) is 0 Å². The fourth-order valence-corrected chi connectivity index (χ4v) is 0. The van der Waals surface area contributed by atoms with Crippen LogP contribution >= 0.6 is 0 Å². The number of nitrogens with two attached hydrogens (primary N) is 4. The summed E-state index contributed by atoms with van der Waals surface area (Å²) in [7, 11) is 0. The molecular formula is H12N4O2Pt. The minimum Gasteiger partial charge on any atom is -0.693 e. The summed E-state index contributed by atoms with van der Waals surface area (Å²) in [5.41, 5.74) is 0. The Bertz CT molecular complexity index is 9.65. The van der Waals surface area contributed by atoms with Crippen LogP contribution in [-0.4, -0.2) is 11.0 Å². The number of hydrogen-bond acceptors (Lipinski definition) is 0. The molecule has 0 fully saturated rings. The Hall–Kier alpha value is 0.448. The molecule has 7 heavy (non-hydrogen) atoms. The van der Waals surface area contributed by atoms with Gasteiger partial charge in [-0.05, 0) is 0 Å². The standard InChI is InChI=1S/4H2N.2H2O.Pt/h6*1H2;/q4*-1;;;+4. The molecule has 0 rings (SSSR count). The molecule has 0 saturated carbocycles. The van der Waals surface area contributed by atoms with Gasteiger partial charge >= 0.3 is 21.1 Å². The van der Waals surface area contributed by atoms with Crippen LogP contribution in [0.3, 0.4) is 0 Å². The first-order valence-electron chi connectivity index (χ1n) is 0. The van der Waals surface area contributed by atoms with E-state index in [-0.39, 0.29) is 56.6 Å². The van der Waals surface area contributed by atoms with Crippen LogP contribution in [0.5, 0.6) is 0 Å². The molecule has 0 aromatic carbocycles. The van der Waals surface area contributed by atoms with Crippen molar-refractivity contribution < 1.29 is 32.0 Å². The number of rotatable bonds is 0. The molecule has 0 aromatic rings. The largest absolute Gasteiger partial charge is 4.00 e. The van der Waals surface area contributed by atoms with Crippen LogP contribution < -0.4 is 0 Å². The maximum Gasteiger partial charge on any atom is 4.00 e. The van der Waals surface area contributed by atoms with Crippen LogP contribution in [0.2, 0.25) is 0 Å². The average Bonchev–Trinajstić information content (AvgIpc) is 0. The van der Waals surface area contributed by atoms with Crippen molar-refractivity contribution in [2.24, 2.45) is 0 Å². The normalized spacial score (nSPS) is 0. The topological polar surface area (TPSA) is 197 Å². The van der Waals surface area contributed by atoms with Crippen LogP contribution in [0.4, 0.5) is 0 Å². The molecule has 0 aliphatic heterocycles. The van der Waals surface area contributed by atoms with E-state index in [1.54, 1.807) is 0 Å². The van der Waals surface area contributed by atoms with Gasteiger partial charge in [0.05, 0.1) is 0 Å². The van der Waals surface area contributed by atoms with E-state index < -0.39 is 0 Å². The van der Waals surface area contributed by atoms with Crippen molar-refractivity contribution in [2.45, 2.75) is 0 Å². The van der Waals surface area contributed by atoms with Crippen LogP contribution in [0.25, 0.3) is 24.6 Å². The van der Waals surface area contributed by atoms with E-state index in [1.165, 1.54) is 0 Å². The molecule has 0 atom stereocenters. The van der Waals surface area contributed by atoms with E-state index >= 15 is 0 Å². The SMILES string of the molecule is O.O.[NH2-].[NH2-].[NH2-].[NH2-].[Pt+4]. The first-order valence-corrected chi connectivity index (χ1v) is 0. The molecular weight excluding hydrogens is 283 g/mol. The Balaban J connectivity index is 0. The van der Waals surface area contributed by atoms with Gasteiger partial charge in [0.25, 0.3) is 0 Å². The molecule has 0 saturated heterocycles. The first kappa shape index (κ1) is 1540. The minimum atomic E-state index is 0. The fourth-order valence-electron chi connectivity index (χ4n) is 0. The van der Waals surface area contributed by atoms with Gasteiger partial charge in [0.1, 0.15) is 0 Å².